The van der Waals surface area contributed by atoms with E-state index in [-0.39, 0.29) is 24.2 Å². The summed E-state index contributed by atoms with van der Waals surface area (Å²) in [5.41, 5.74) is 0.292. The highest BCUT2D eigenvalue weighted by atomic mass is 35.5. The number of nitrogens with zero attached hydrogens (tertiary/aromatic N) is 1. The number of halogens is 2. The molecular weight excluding hydrogens is 321 g/mol. The highest BCUT2D eigenvalue weighted by Crippen LogP contribution is 2.65. The van der Waals surface area contributed by atoms with Crippen LogP contribution in [0.5, 0.6) is 11.5 Å². The largest absolute Gasteiger partial charge is 0.504 e. The molecule has 2 aliphatic carbocycles. The van der Waals surface area contributed by atoms with Crippen molar-refractivity contribution in [2.75, 3.05) is 13.6 Å². The molecule has 0 unspecified atom stereocenters. The van der Waals surface area contributed by atoms with Gasteiger partial charge in [-0.05, 0) is 50.9 Å². The molecular formula is C17H21ClFNO3. The van der Waals surface area contributed by atoms with Crippen molar-refractivity contribution in [1.29, 1.82) is 0 Å². The Hall–Kier alpha value is -1.04. The van der Waals surface area contributed by atoms with Crippen LogP contribution in [-0.2, 0) is 11.8 Å². The van der Waals surface area contributed by atoms with Crippen LogP contribution in [-0.4, -0.2) is 52.6 Å². The minimum absolute atomic E-state index is 0. The number of hydrogen-bond donors (Lipinski definition) is 2. The first kappa shape index (κ1) is 15.5. The number of rotatable bonds is 0. The number of phenolic OH excluding ortho intramolecular Hbond substituents is 1. The average Bonchev–Trinajstić information content (AvgIpc) is 2.85. The Balaban J connectivity index is 0.00000135. The molecule has 0 radical (unpaired) electrons. The Morgan fingerprint density at radius 3 is 2.91 bits per heavy atom. The molecule has 4 aliphatic rings. The van der Waals surface area contributed by atoms with Crippen molar-refractivity contribution in [2.24, 2.45) is 0 Å². The predicted octanol–water partition coefficient (Wildman–Crippen LogP) is 1.94. The highest BCUT2D eigenvalue weighted by molar-refractivity contribution is 5.85. The molecule has 5 atom stereocenters. The number of ether oxygens (including phenoxy) is 1. The zero-order chi connectivity index (χ0) is 15.3. The zero-order valence-corrected chi connectivity index (χ0v) is 13.8. The molecule has 0 amide bonds. The fraction of sp³-hybridized carbons (Fsp3) is 0.647. The highest BCUT2D eigenvalue weighted by Gasteiger charge is 2.72. The second kappa shape index (κ2) is 4.52. The number of likely N-dealkylation sites (tertiary alicyclic amines) is 1. The summed E-state index contributed by atoms with van der Waals surface area (Å²) < 4.78 is 20.6. The van der Waals surface area contributed by atoms with Gasteiger partial charge in [-0.3, -0.25) is 0 Å². The molecule has 6 heteroatoms. The third-order valence-corrected chi connectivity index (χ3v) is 6.66. The number of aliphatic hydroxyl groups is 1. The Morgan fingerprint density at radius 1 is 1.35 bits per heavy atom. The van der Waals surface area contributed by atoms with Gasteiger partial charge in [0.15, 0.2) is 11.5 Å². The molecule has 2 N–H and O–H groups in total. The summed E-state index contributed by atoms with van der Waals surface area (Å²) >= 11 is 0. The molecule has 0 aromatic heterocycles. The first-order valence-corrected chi connectivity index (χ1v) is 8.08. The molecule has 23 heavy (non-hydrogen) atoms. The van der Waals surface area contributed by atoms with Crippen LogP contribution >= 0.6 is 12.4 Å². The van der Waals surface area contributed by atoms with Crippen LogP contribution < -0.4 is 4.74 Å². The van der Waals surface area contributed by atoms with E-state index in [1.54, 1.807) is 6.07 Å². The number of alkyl halides is 1. The number of hydrogen-bond acceptors (Lipinski definition) is 4. The summed E-state index contributed by atoms with van der Waals surface area (Å²) in [5.74, 6) is 0.475. The molecule has 5 rings (SSSR count). The Morgan fingerprint density at radius 2 is 2.13 bits per heavy atom. The van der Waals surface area contributed by atoms with Crippen molar-refractivity contribution in [3.63, 3.8) is 0 Å². The molecule has 1 saturated heterocycles. The van der Waals surface area contributed by atoms with Crippen LogP contribution in [0.2, 0.25) is 0 Å². The lowest BCUT2D eigenvalue weighted by Crippen LogP contribution is -2.76. The standard InChI is InChI=1S/C17H20FNO3.ClH/c1-19-7-6-16-13-9-2-3-11(20)14(13)22-15(16)10(18)4-5-17(16,21)12(19)8-9;/h2-3,10,12,15,20-21H,4-8H2,1H3;1H/t10-,12-,15+,16+,17-;/m1./s1. The lowest BCUT2D eigenvalue weighted by Gasteiger charge is -2.62. The number of phenols is 1. The van der Waals surface area contributed by atoms with Gasteiger partial charge >= 0.3 is 0 Å². The summed E-state index contributed by atoms with van der Waals surface area (Å²) in [6.07, 6.45) is 0.400. The van der Waals surface area contributed by atoms with Gasteiger partial charge in [0.1, 0.15) is 12.3 Å². The van der Waals surface area contributed by atoms with Gasteiger partial charge in [0.05, 0.1) is 11.0 Å². The van der Waals surface area contributed by atoms with E-state index in [0.717, 1.165) is 24.1 Å². The molecule has 2 bridgehead atoms. The smallest absolute Gasteiger partial charge is 0.165 e. The normalized spacial score (nSPS) is 43.3. The minimum atomic E-state index is -1.10. The van der Waals surface area contributed by atoms with Gasteiger partial charge in [-0.1, -0.05) is 6.07 Å². The Labute approximate surface area is 140 Å². The van der Waals surface area contributed by atoms with Crippen molar-refractivity contribution in [2.45, 2.75) is 55.0 Å². The van der Waals surface area contributed by atoms with Gasteiger partial charge in [-0.25, -0.2) is 4.39 Å². The fourth-order valence-corrected chi connectivity index (χ4v) is 5.69. The first-order chi connectivity index (χ1) is 10.5. The third kappa shape index (κ3) is 1.50. The molecule has 126 valence electrons. The van der Waals surface area contributed by atoms with E-state index in [0.29, 0.717) is 25.0 Å². The van der Waals surface area contributed by atoms with Gasteiger partial charge < -0.3 is 19.8 Å². The van der Waals surface area contributed by atoms with Crippen molar-refractivity contribution < 1.29 is 19.3 Å². The maximum atomic E-state index is 14.7. The average molecular weight is 342 g/mol. The number of aromatic hydroxyl groups is 1. The summed E-state index contributed by atoms with van der Waals surface area (Å²) in [6.45, 7) is 0.814. The second-order valence-corrected chi connectivity index (χ2v) is 7.39. The number of likely N-dealkylation sites (N-methyl/N-ethyl adjacent to an activating group) is 1. The van der Waals surface area contributed by atoms with Crippen LogP contribution in [0.15, 0.2) is 12.1 Å². The van der Waals surface area contributed by atoms with E-state index in [2.05, 4.69) is 4.90 Å². The number of piperidine rings is 1. The van der Waals surface area contributed by atoms with Gasteiger partial charge in [-0.2, -0.15) is 0 Å². The van der Waals surface area contributed by atoms with E-state index in [1.807, 2.05) is 13.1 Å². The predicted molar refractivity (Wildman–Crippen MR) is 85.3 cm³/mol. The Bertz CT molecular complexity index is 686. The summed E-state index contributed by atoms with van der Waals surface area (Å²) in [5, 5.41) is 21.8. The van der Waals surface area contributed by atoms with E-state index in [4.69, 9.17) is 4.74 Å². The van der Waals surface area contributed by atoms with Crippen LogP contribution in [0.25, 0.3) is 0 Å². The van der Waals surface area contributed by atoms with Gasteiger partial charge in [0.2, 0.25) is 0 Å². The van der Waals surface area contributed by atoms with E-state index in [9.17, 15) is 14.6 Å². The molecule has 2 heterocycles. The van der Waals surface area contributed by atoms with E-state index >= 15 is 0 Å². The van der Waals surface area contributed by atoms with Gasteiger partial charge in [-0.15, -0.1) is 12.4 Å². The quantitative estimate of drug-likeness (QED) is 0.757. The molecule has 4 nitrogen and oxygen atoms in total. The third-order valence-electron chi connectivity index (χ3n) is 6.66. The minimum Gasteiger partial charge on any atom is -0.504 e. The summed E-state index contributed by atoms with van der Waals surface area (Å²) in [7, 11) is 2.04. The van der Waals surface area contributed by atoms with Crippen molar-refractivity contribution in [3.8, 4) is 11.5 Å². The van der Waals surface area contributed by atoms with Gasteiger partial charge in [0, 0.05) is 11.6 Å². The van der Waals surface area contributed by atoms with Crippen LogP contribution in [0.3, 0.4) is 0 Å². The monoisotopic (exact) mass is 341 g/mol. The summed E-state index contributed by atoms with van der Waals surface area (Å²) in [4.78, 5) is 2.20. The summed E-state index contributed by atoms with van der Waals surface area (Å²) in [6, 6.07) is 3.54. The van der Waals surface area contributed by atoms with Crippen molar-refractivity contribution >= 4 is 12.4 Å². The molecule has 1 aromatic carbocycles. The lowest BCUT2D eigenvalue weighted by atomic mass is 9.49. The van der Waals surface area contributed by atoms with E-state index in [1.165, 1.54) is 0 Å². The molecule has 2 fully saturated rings. The Kier molecular flexibility index (Phi) is 3.05. The SMILES string of the molecule is CN1CC[C@]23c4c5ccc(O)c4O[C@H]2[C@H](F)CC[C@@]3(O)[C@H]1C5.Cl. The molecule has 1 aromatic rings. The molecule has 1 saturated carbocycles. The second-order valence-electron chi connectivity index (χ2n) is 7.39. The van der Waals surface area contributed by atoms with Gasteiger partial charge in [0.25, 0.3) is 0 Å². The first-order valence-electron chi connectivity index (χ1n) is 8.08. The zero-order valence-electron chi connectivity index (χ0n) is 13.0. The van der Waals surface area contributed by atoms with Crippen molar-refractivity contribution in [3.05, 3.63) is 23.3 Å². The fourth-order valence-electron chi connectivity index (χ4n) is 5.69. The van der Waals surface area contributed by atoms with Crippen LogP contribution in [0.1, 0.15) is 30.4 Å². The lowest BCUT2D eigenvalue weighted by molar-refractivity contribution is -0.195. The van der Waals surface area contributed by atoms with E-state index < -0.39 is 23.3 Å². The maximum absolute atomic E-state index is 14.7. The maximum Gasteiger partial charge on any atom is 0.165 e. The molecule has 2 aliphatic heterocycles. The topological polar surface area (TPSA) is 52.9 Å². The van der Waals surface area contributed by atoms with Crippen LogP contribution in [0, 0.1) is 0 Å². The number of benzene rings is 1. The van der Waals surface area contributed by atoms with Crippen LogP contribution in [0.4, 0.5) is 4.39 Å². The van der Waals surface area contributed by atoms with Crippen molar-refractivity contribution in [1.82, 2.24) is 4.90 Å². The molecule has 1 spiro atoms.